The molecule has 0 fully saturated rings. The number of aromatic nitrogens is 2. The third-order valence-corrected chi connectivity index (χ3v) is 4.79. The van der Waals surface area contributed by atoms with Crippen LogP contribution in [0.25, 0.3) is 0 Å². The third kappa shape index (κ3) is 4.20. The van der Waals surface area contributed by atoms with Crippen LogP contribution in [0.15, 0.2) is 54.6 Å². The molecule has 0 saturated carbocycles. The van der Waals surface area contributed by atoms with Crippen molar-refractivity contribution in [3.8, 4) is 0 Å². The summed E-state index contributed by atoms with van der Waals surface area (Å²) in [4.78, 5) is 12.5. The summed E-state index contributed by atoms with van der Waals surface area (Å²) < 4.78 is 1.87. The second-order valence-electron chi connectivity index (χ2n) is 6.64. The van der Waals surface area contributed by atoms with Crippen molar-refractivity contribution in [1.29, 1.82) is 0 Å². The number of hydrogen-bond donors (Lipinski definition) is 1. The summed E-state index contributed by atoms with van der Waals surface area (Å²) in [6.07, 6.45) is 1.96. The normalized spacial score (nSPS) is 10.7. The Hall–Kier alpha value is -2.88. The van der Waals surface area contributed by atoms with Crippen molar-refractivity contribution in [2.24, 2.45) is 7.05 Å². The fourth-order valence-electron chi connectivity index (χ4n) is 3.24. The molecule has 134 valence electrons. The van der Waals surface area contributed by atoms with Gasteiger partial charge in [-0.1, -0.05) is 48.5 Å². The zero-order valence-corrected chi connectivity index (χ0v) is 15.6. The van der Waals surface area contributed by atoms with Crippen molar-refractivity contribution in [1.82, 2.24) is 9.78 Å². The van der Waals surface area contributed by atoms with E-state index in [2.05, 4.69) is 28.6 Å². The predicted molar refractivity (Wildman–Crippen MR) is 105 cm³/mol. The molecule has 2 aromatic carbocycles. The lowest BCUT2D eigenvalue weighted by molar-refractivity contribution is -0.116. The molecule has 1 amide bonds. The molecule has 1 N–H and O–H groups in total. The molecule has 0 bridgehead atoms. The van der Waals surface area contributed by atoms with Gasteiger partial charge in [0.25, 0.3) is 0 Å². The fourth-order valence-corrected chi connectivity index (χ4v) is 3.24. The Morgan fingerprint density at radius 2 is 1.73 bits per heavy atom. The molecular weight excluding hydrogens is 322 g/mol. The monoisotopic (exact) mass is 347 g/mol. The highest BCUT2D eigenvalue weighted by Crippen LogP contribution is 2.20. The van der Waals surface area contributed by atoms with Gasteiger partial charge < -0.3 is 5.32 Å². The van der Waals surface area contributed by atoms with Crippen molar-refractivity contribution in [2.45, 2.75) is 33.1 Å². The van der Waals surface area contributed by atoms with Crippen LogP contribution in [0.1, 0.15) is 34.5 Å². The average Bonchev–Trinajstić information content (AvgIpc) is 2.88. The zero-order valence-electron chi connectivity index (χ0n) is 15.6. The molecule has 3 aromatic rings. The Labute approximate surface area is 154 Å². The first-order valence-corrected chi connectivity index (χ1v) is 8.95. The number of hydrogen-bond acceptors (Lipinski definition) is 2. The molecule has 4 nitrogen and oxygen atoms in total. The number of rotatable bonds is 6. The number of carbonyl (C=O) groups excluding carboxylic acids is 1. The molecule has 0 atom stereocenters. The maximum absolute atomic E-state index is 12.5. The van der Waals surface area contributed by atoms with Gasteiger partial charge in [0.2, 0.25) is 5.91 Å². The lowest BCUT2D eigenvalue weighted by Crippen LogP contribution is -2.14. The van der Waals surface area contributed by atoms with Crippen LogP contribution in [-0.2, 0) is 24.7 Å². The van der Waals surface area contributed by atoms with Gasteiger partial charge in [-0.2, -0.15) is 5.10 Å². The Balaban J connectivity index is 1.66. The number of nitrogens with zero attached hydrogens (tertiary/aromatic N) is 2. The van der Waals surface area contributed by atoms with Crippen LogP contribution in [0.3, 0.4) is 0 Å². The largest absolute Gasteiger partial charge is 0.326 e. The number of aryl methyl sites for hydroxylation is 2. The maximum Gasteiger partial charge on any atom is 0.224 e. The number of nitrogens with one attached hydrogen (secondary N) is 1. The van der Waals surface area contributed by atoms with Gasteiger partial charge in [-0.3, -0.25) is 9.48 Å². The Bertz CT molecular complexity index is 897. The van der Waals surface area contributed by atoms with Gasteiger partial charge in [0.05, 0.1) is 5.69 Å². The highest BCUT2D eigenvalue weighted by Gasteiger charge is 2.12. The molecule has 1 aromatic heterocycles. The lowest BCUT2D eigenvalue weighted by Gasteiger charge is -2.11. The zero-order chi connectivity index (χ0) is 18.5. The van der Waals surface area contributed by atoms with Crippen LogP contribution < -0.4 is 5.32 Å². The molecule has 0 aliphatic heterocycles. The highest BCUT2D eigenvalue weighted by atomic mass is 16.1. The summed E-state index contributed by atoms with van der Waals surface area (Å²) in [6.45, 7) is 4.04. The van der Waals surface area contributed by atoms with E-state index < -0.39 is 0 Å². The highest BCUT2D eigenvalue weighted by molar-refractivity contribution is 5.91. The molecular formula is C22H25N3O. The summed E-state index contributed by atoms with van der Waals surface area (Å²) >= 11 is 0. The van der Waals surface area contributed by atoms with Crippen LogP contribution in [0, 0.1) is 13.8 Å². The molecule has 0 aliphatic carbocycles. The predicted octanol–water partition coefficient (Wildman–Crippen LogP) is 4.20. The van der Waals surface area contributed by atoms with E-state index in [0.29, 0.717) is 12.8 Å². The summed E-state index contributed by atoms with van der Waals surface area (Å²) in [6, 6.07) is 18.3. The summed E-state index contributed by atoms with van der Waals surface area (Å²) in [5.41, 5.74) is 6.54. The van der Waals surface area contributed by atoms with Gasteiger partial charge in [0.15, 0.2) is 0 Å². The first-order valence-electron chi connectivity index (χ1n) is 8.95. The lowest BCUT2D eigenvalue weighted by atomic mass is 10.0. The Kier molecular flexibility index (Phi) is 5.52. The van der Waals surface area contributed by atoms with Gasteiger partial charge in [-0.05, 0) is 49.4 Å². The summed E-state index contributed by atoms with van der Waals surface area (Å²) in [5.74, 6) is 0.0353. The van der Waals surface area contributed by atoms with Gasteiger partial charge in [0, 0.05) is 24.8 Å². The Morgan fingerprint density at radius 3 is 2.42 bits per heavy atom. The van der Waals surface area contributed by atoms with Crippen LogP contribution in [0.5, 0.6) is 0 Å². The number of benzene rings is 2. The molecule has 0 spiro atoms. The quantitative estimate of drug-likeness (QED) is 0.726. The van der Waals surface area contributed by atoms with Crippen LogP contribution in [0.2, 0.25) is 0 Å². The number of para-hydroxylation sites is 1. The van der Waals surface area contributed by atoms with E-state index in [-0.39, 0.29) is 5.91 Å². The number of amides is 1. The number of anilines is 1. The van der Waals surface area contributed by atoms with Gasteiger partial charge >= 0.3 is 0 Å². The van der Waals surface area contributed by atoms with Crippen molar-refractivity contribution in [2.75, 3.05) is 5.32 Å². The van der Waals surface area contributed by atoms with E-state index in [4.69, 9.17) is 0 Å². The van der Waals surface area contributed by atoms with E-state index in [1.54, 1.807) is 0 Å². The smallest absolute Gasteiger partial charge is 0.224 e. The topological polar surface area (TPSA) is 46.9 Å². The van der Waals surface area contributed by atoms with E-state index in [1.165, 1.54) is 11.1 Å². The molecule has 26 heavy (non-hydrogen) atoms. The third-order valence-electron chi connectivity index (χ3n) is 4.79. The first kappa shape index (κ1) is 17.9. The molecule has 0 radical (unpaired) electrons. The Morgan fingerprint density at radius 1 is 1.04 bits per heavy atom. The maximum atomic E-state index is 12.5. The molecule has 0 aliphatic rings. The number of carbonyl (C=O) groups is 1. The molecule has 4 heteroatoms. The average molecular weight is 347 g/mol. The standard InChI is InChI=1S/C22H25N3O/c1-16-20(17(2)25(3)24-16)13-14-22(26)23-21-12-8-7-11-19(21)15-18-9-5-4-6-10-18/h4-12H,13-15H2,1-3H3,(H,23,26). The minimum atomic E-state index is 0.0353. The van der Waals surface area contributed by atoms with Crippen molar-refractivity contribution in [3.05, 3.63) is 82.7 Å². The van der Waals surface area contributed by atoms with Gasteiger partial charge in [-0.15, -0.1) is 0 Å². The van der Waals surface area contributed by atoms with Crippen molar-refractivity contribution >= 4 is 11.6 Å². The molecule has 3 rings (SSSR count). The van der Waals surface area contributed by atoms with Crippen molar-refractivity contribution in [3.63, 3.8) is 0 Å². The van der Waals surface area contributed by atoms with E-state index in [0.717, 1.165) is 29.1 Å². The van der Waals surface area contributed by atoms with Gasteiger partial charge in [-0.25, -0.2) is 0 Å². The second kappa shape index (κ2) is 8.00. The first-order chi connectivity index (χ1) is 12.5. The molecule has 0 saturated heterocycles. The van der Waals surface area contributed by atoms with E-state index >= 15 is 0 Å². The minimum absolute atomic E-state index is 0.0353. The fraction of sp³-hybridized carbons (Fsp3) is 0.273. The second-order valence-corrected chi connectivity index (χ2v) is 6.64. The van der Waals surface area contributed by atoms with Crippen LogP contribution >= 0.6 is 0 Å². The minimum Gasteiger partial charge on any atom is -0.326 e. The van der Waals surface area contributed by atoms with Crippen molar-refractivity contribution < 1.29 is 4.79 Å². The van der Waals surface area contributed by atoms with Crippen LogP contribution in [-0.4, -0.2) is 15.7 Å². The van der Waals surface area contributed by atoms with E-state index in [1.807, 2.05) is 62.0 Å². The SMILES string of the molecule is Cc1nn(C)c(C)c1CCC(=O)Nc1ccccc1Cc1ccccc1. The van der Waals surface area contributed by atoms with E-state index in [9.17, 15) is 4.79 Å². The van der Waals surface area contributed by atoms with Crippen LogP contribution in [0.4, 0.5) is 5.69 Å². The van der Waals surface area contributed by atoms with Gasteiger partial charge in [0.1, 0.15) is 0 Å². The molecule has 1 heterocycles. The molecule has 0 unspecified atom stereocenters. The summed E-state index contributed by atoms with van der Waals surface area (Å²) in [5, 5.41) is 7.50. The summed E-state index contributed by atoms with van der Waals surface area (Å²) in [7, 11) is 1.94.